The third-order valence-corrected chi connectivity index (χ3v) is 1.01. The maximum absolute atomic E-state index is 9.69. The summed E-state index contributed by atoms with van der Waals surface area (Å²) >= 11 is 0.990. The Bertz CT molecular complexity index is 76.9. The van der Waals surface area contributed by atoms with Crippen LogP contribution in [0.25, 0.3) is 0 Å². The van der Waals surface area contributed by atoms with Gasteiger partial charge < -0.3 is 9.84 Å². The Kier molecular flexibility index (Phi) is 4.48. The molecule has 0 radical (unpaired) electrons. The summed E-state index contributed by atoms with van der Waals surface area (Å²) in [6, 6.07) is 0. The van der Waals surface area contributed by atoms with Gasteiger partial charge in [-0.15, -0.1) is 0 Å². The molecule has 0 atom stereocenters. The summed E-state index contributed by atoms with van der Waals surface area (Å²) in [6.45, 7) is 0. The third kappa shape index (κ3) is 5.58. The number of nitrogens with one attached hydrogen (secondary N) is 1. The van der Waals surface area contributed by atoms with Crippen molar-refractivity contribution in [3.05, 3.63) is 0 Å². The molecule has 0 aliphatic carbocycles. The molecule has 0 spiro atoms. The summed E-state index contributed by atoms with van der Waals surface area (Å²) in [5.74, 6) is 0.340. The lowest BCUT2D eigenvalue weighted by Crippen LogP contribution is -2.12. The number of rotatable bonds is 3. The summed E-state index contributed by atoms with van der Waals surface area (Å²) in [7, 11) is 1.50. The monoisotopic (exact) mass is 137 g/mol. The molecule has 5 heteroatoms. The van der Waals surface area contributed by atoms with Crippen LogP contribution in [-0.2, 0) is 4.74 Å². The summed E-state index contributed by atoms with van der Waals surface area (Å²) in [5, 5.41) is 7.95. The predicted octanol–water partition coefficient (Wildman–Crippen LogP) is 0.506. The van der Waals surface area contributed by atoms with Gasteiger partial charge in [0.2, 0.25) is 0 Å². The highest BCUT2D eigenvalue weighted by atomic mass is 32.2. The van der Waals surface area contributed by atoms with Gasteiger partial charge >= 0.3 is 6.09 Å². The second-order valence-electron chi connectivity index (χ2n) is 0.958. The van der Waals surface area contributed by atoms with Gasteiger partial charge in [0.05, 0.1) is 0 Å². The van der Waals surface area contributed by atoms with Gasteiger partial charge in [-0.3, -0.25) is 4.72 Å². The van der Waals surface area contributed by atoms with E-state index in [1.165, 1.54) is 7.11 Å². The van der Waals surface area contributed by atoms with Crippen LogP contribution in [0.5, 0.6) is 0 Å². The van der Waals surface area contributed by atoms with Crippen LogP contribution in [0.15, 0.2) is 0 Å². The second kappa shape index (κ2) is 4.73. The van der Waals surface area contributed by atoms with Crippen molar-refractivity contribution in [3.63, 3.8) is 0 Å². The van der Waals surface area contributed by atoms with Crippen LogP contribution in [0, 0.1) is 0 Å². The Labute approximate surface area is 51.3 Å². The molecule has 48 valence electrons. The molecule has 0 aliphatic heterocycles. The summed E-state index contributed by atoms with van der Waals surface area (Å²) < 4.78 is 6.58. The lowest BCUT2D eigenvalue weighted by atomic mass is 11.3. The van der Waals surface area contributed by atoms with Crippen LogP contribution in [0.1, 0.15) is 0 Å². The first-order valence-electron chi connectivity index (χ1n) is 1.87. The second-order valence-corrected chi connectivity index (χ2v) is 1.69. The third-order valence-electron chi connectivity index (χ3n) is 0.336. The summed E-state index contributed by atoms with van der Waals surface area (Å²) in [6.07, 6.45) is -1.05. The molecule has 0 unspecified atom stereocenters. The van der Waals surface area contributed by atoms with E-state index < -0.39 is 6.09 Å². The SMILES string of the molecule is COCSNC(=O)O. The molecule has 4 nitrogen and oxygen atoms in total. The molecule has 0 aromatic carbocycles. The minimum absolute atomic E-state index is 0.340. The van der Waals surface area contributed by atoms with Crippen molar-refractivity contribution in [2.45, 2.75) is 0 Å². The lowest BCUT2D eigenvalue weighted by Gasteiger charge is -1.94. The molecule has 0 aliphatic rings. The smallest absolute Gasteiger partial charge is 0.414 e. The van der Waals surface area contributed by atoms with E-state index in [2.05, 4.69) is 9.46 Å². The van der Waals surface area contributed by atoms with E-state index in [9.17, 15) is 4.79 Å². The predicted molar refractivity (Wildman–Crippen MR) is 30.6 cm³/mol. The summed E-state index contributed by atoms with van der Waals surface area (Å²) in [4.78, 5) is 9.69. The largest absolute Gasteiger partial charge is 0.464 e. The van der Waals surface area contributed by atoms with Crippen LogP contribution < -0.4 is 4.72 Å². The first kappa shape index (κ1) is 7.58. The number of amides is 1. The van der Waals surface area contributed by atoms with Crippen LogP contribution in [0.2, 0.25) is 0 Å². The molecular formula is C3H7NO3S. The topological polar surface area (TPSA) is 58.6 Å². The van der Waals surface area contributed by atoms with Gasteiger partial charge in [0.15, 0.2) is 0 Å². The number of ether oxygens (including phenoxy) is 1. The first-order chi connectivity index (χ1) is 3.77. The van der Waals surface area contributed by atoms with Crippen LogP contribution in [0.4, 0.5) is 4.79 Å². The zero-order valence-corrected chi connectivity index (χ0v) is 5.20. The van der Waals surface area contributed by atoms with Crippen molar-refractivity contribution in [2.75, 3.05) is 13.0 Å². The van der Waals surface area contributed by atoms with Crippen molar-refractivity contribution in [3.8, 4) is 0 Å². The zero-order chi connectivity index (χ0) is 6.41. The van der Waals surface area contributed by atoms with Crippen molar-refractivity contribution in [1.82, 2.24) is 4.72 Å². The van der Waals surface area contributed by atoms with Gasteiger partial charge in [-0.2, -0.15) is 0 Å². The molecule has 8 heavy (non-hydrogen) atoms. The number of carboxylic acid groups (broad SMARTS) is 1. The molecule has 0 heterocycles. The number of hydrogen-bond acceptors (Lipinski definition) is 3. The van der Waals surface area contributed by atoms with Gasteiger partial charge in [-0.05, 0) is 11.9 Å². The normalized spacial score (nSPS) is 8.62. The fourth-order valence-electron chi connectivity index (χ4n) is 0.150. The van der Waals surface area contributed by atoms with Crippen LogP contribution in [-0.4, -0.2) is 24.2 Å². The maximum Gasteiger partial charge on any atom is 0.414 e. The molecule has 2 N–H and O–H groups in total. The highest BCUT2D eigenvalue weighted by Gasteiger charge is 1.89. The Morgan fingerprint density at radius 3 is 3.00 bits per heavy atom. The molecule has 0 bridgehead atoms. The first-order valence-corrected chi connectivity index (χ1v) is 2.85. The van der Waals surface area contributed by atoms with E-state index in [-0.39, 0.29) is 0 Å². The summed E-state index contributed by atoms with van der Waals surface area (Å²) in [5.41, 5.74) is 0. The molecule has 0 aromatic heterocycles. The average Bonchev–Trinajstić information content (AvgIpc) is 1.66. The Morgan fingerprint density at radius 2 is 2.62 bits per heavy atom. The number of hydrogen-bond donors (Lipinski definition) is 2. The van der Waals surface area contributed by atoms with Gasteiger partial charge in [0.1, 0.15) is 5.94 Å². The number of methoxy groups -OCH3 is 1. The molecule has 0 saturated carbocycles. The molecule has 0 saturated heterocycles. The average molecular weight is 137 g/mol. The van der Waals surface area contributed by atoms with Crippen LogP contribution in [0.3, 0.4) is 0 Å². The minimum atomic E-state index is -1.05. The van der Waals surface area contributed by atoms with E-state index in [1.54, 1.807) is 0 Å². The van der Waals surface area contributed by atoms with E-state index in [4.69, 9.17) is 5.11 Å². The van der Waals surface area contributed by atoms with Gasteiger partial charge in [0, 0.05) is 7.11 Å². The highest BCUT2D eigenvalue weighted by Crippen LogP contribution is 1.89. The standard InChI is InChI=1S/C3H7NO3S/c1-7-2-8-4-3(5)6/h4H,2H2,1H3,(H,5,6). The molecule has 0 aromatic rings. The van der Waals surface area contributed by atoms with Crippen molar-refractivity contribution in [2.24, 2.45) is 0 Å². The van der Waals surface area contributed by atoms with E-state index in [0.717, 1.165) is 11.9 Å². The molecule has 0 rings (SSSR count). The van der Waals surface area contributed by atoms with E-state index in [1.807, 2.05) is 0 Å². The van der Waals surface area contributed by atoms with Gasteiger partial charge in [-0.1, -0.05) is 0 Å². The minimum Gasteiger partial charge on any atom is -0.464 e. The highest BCUT2D eigenvalue weighted by molar-refractivity contribution is 7.97. The van der Waals surface area contributed by atoms with Crippen LogP contribution >= 0.6 is 11.9 Å². The quantitative estimate of drug-likeness (QED) is 0.338. The fraction of sp³-hybridized carbons (Fsp3) is 0.667. The molecule has 0 fully saturated rings. The number of carbonyl (C=O) groups is 1. The Balaban J connectivity index is 2.82. The molecular weight excluding hydrogens is 130 g/mol. The zero-order valence-electron chi connectivity index (χ0n) is 4.38. The van der Waals surface area contributed by atoms with Gasteiger partial charge in [0.25, 0.3) is 0 Å². The van der Waals surface area contributed by atoms with E-state index in [0.29, 0.717) is 5.94 Å². The van der Waals surface area contributed by atoms with Crippen molar-refractivity contribution < 1.29 is 14.6 Å². The Hall–Kier alpha value is -0.420. The van der Waals surface area contributed by atoms with E-state index >= 15 is 0 Å². The fourth-order valence-corrected chi connectivity index (χ4v) is 0.450. The molecule has 1 amide bonds. The van der Waals surface area contributed by atoms with Crippen molar-refractivity contribution in [1.29, 1.82) is 0 Å². The van der Waals surface area contributed by atoms with Crippen molar-refractivity contribution >= 4 is 18.0 Å². The van der Waals surface area contributed by atoms with Gasteiger partial charge in [-0.25, -0.2) is 4.79 Å². The lowest BCUT2D eigenvalue weighted by molar-refractivity contribution is 0.201. The maximum atomic E-state index is 9.69. The Morgan fingerprint density at radius 1 is 2.00 bits per heavy atom.